The fourth-order valence-electron chi connectivity index (χ4n) is 3.79. The average molecular weight is 282 g/mol. The van der Waals surface area contributed by atoms with Gasteiger partial charge in [-0.3, -0.25) is 0 Å². The number of imidazole rings is 1. The van der Waals surface area contributed by atoms with Gasteiger partial charge in [-0.2, -0.15) is 0 Å². The van der Waals surface area contributed by atoms with E-state index in [4.69, 9.17) is 5.73 Å². The number of amides is 2. The largest absolute Gasteiger partial charge is 0.351 e. The van der Waals surface area contributed by atoms with Crippen molar-refractivity contribution in [3.05, 3.63) is 42.4 Å². The van der Waals surface area contributed by atoms with Gasteiger partial charge in [0.25, 0.3) is 0 Å². The SMILES string of the molecule is NC(=O)N1CCC(C2c3ccccc3-c3cncn32)CC1. The number of benzene rings is 1. The van der Waals surface area contributed by atoms with Gasteiger partial charge in [0.15, 0.2) is 0 Å². The molecule has 0 spiro atoms. The molecule has 5 heteroatoms. The molecule has 0 radical (unpaired) electrons. The number of primary amides is 1. The molecule has 2 aliphatic heterocycles. The number of urea groups is 1. The molecule has 2 aromatic rings. The Morgan fingerprint density at radius 2 is 2.00 bits per heavy atom. The lowest BCUT2D eigenvalue weighted by molar-refractivity contribution is 0.166. The number of nitrogens with two attached hydrogens (primary N) is 1. The maximum atomic E-state index is 11.3. The van der Waals surface area contributed by atoms with Crippen molar-refractivity contribution in [2.45, 2.75) is 18.9 Å². The van der Waals surface area contributed by atoms with Gasteiger partial charge in [0, 0.05) is 18.7 Å². The molecule has 2 amide bonds. The van der Waals surface area contributed by atoms with Crippen LogP contribution in [-0.4, -0.2) is 33.6 Å². The van der Waals surface area contributed by atoms with Crippen LogP contribution >= 0.6 is 0 Å². The van der Waals surface area contributed by atoms with Crippen LogP contribution in [0.15, 0.2) is 36.8 Å². The molecule has 1 aromatic heterocycles. The Morgan fingerprint density at radius 3 is 2.76 bits per heavy atom. The standard InChI is InChI=1S/C16H18N4O/c17-16(21)19-7-5-11(6-8-19)15-13-4-2-1-3-12(13)14-9-18-10-20(14)15/h1-4,9-11,15H,5-8H2,(H2,17,21). The van der Waals surface area contributed by atoms with Gasteiger partial charge in [0.05, 0.1) is 24.3 Å². The molecule has 5 nitrogen and oxygen atoms in total. The molecule has 108 valence electrons. The van der Waals surface area contributed by atoms with Gasteiger partial charge in [-0.15, -0.1) is 0 Å². The molecular weight excluding hydrogens is 264 g/mol. The van der Waals surface area contributed by atoms with Gasteiger partial charge < -0.3 is 15.2 Å². The van der Waals surface area contributed by atoms with Gasteiger partial charge in [-0.1, -0.05) is 24.3 Å². The quantitative estimate of drug-likeness (QED) is 0.871. The second-order valence-corrected chi connectivity index (χ2v) is 5.88. The Bertz CT molecular complexity index is 685. The highest BCUT2D eigenvalue weighted by Crippen LogP contribution is 2.45. The molecule has 0 saturated carbocycles. The number of piperidine rings is 1. The van der Waals surface area contributed by atoms with Crippen molar-refractivity contribution < 1.29 is 4.79 Å². The molecule has 1 atom stereocenters. The van der Waals surface area contributed by atoms with Crippen LogP contribution in [0.5, 0.6) is 0 Å². The molecule has 1 saturated heterocycles. The molecule has 1 unspecified atom stereocenters. The van der Waals surface area contributed by atoms with Crippen LogP contribution in [0, 0.1) is 5.92 Å². The Kier molecular flexibility index (Phi) is 2.74. The zero-order valence-corrected chi connectivity index (χ0v) is 11.8. The van der Waals surface area contributed by atoms with Crippen molar-refractivity contribution in [2.75, 3.05) is 13.1 Å². The van der Waals surface area contributed by atoms with E-state index in [2.05, 4.69) is 33.8 Å². The molecule has 4 rings (SSSR count). The van der Waals surface area contributed by atoms with Crippen molar-refractivity contribution >= 4 is 6.03 Å². The Balaban J connectivity index is 1.66. The average Bonchev–Trinajstić information content (AvgIpc) is 3.07. The molecule has 3 heterocycles. The van der Waals surface area contributed by atoms with Crippen LogP contribution in [-0.2, 0) is 0 Å². The van der Waals surface area contributed by atoms with Crippen LogP contribution in [0.1, 0.15) is 24.4 Å². The first-order valence-corrected chi connectivity index (χ1v) is 7.41. The van der Waals surface area contributed by atoms with E-state index in [9.17, 15) is 4.79 Å². The van der Waals surface area contributed by atoms with Crippen molar-refractivity contribution in [1.29, 1.82) is 0 Å². The Labute approximate surface area is 123 Å². The van der Waals surface area contributed by atoms with Crippen LogP contribution in [0.3, 0.4) is 0 Å². The number of carbonyl (C=O) groups excluding carboxylic acids is 1. The lowest BCUT2D eigenvalue weighted by Crippen LogP contribution is -2.43. The van der Waals surface area contributed by atoms with E-state index < -0.39 is 0 Å². The molecule has 21 heavy (non-hydrogen) atoms. The minimum absolute atomic E-state index is 0.302. The summed E-state index contributed by atoms with van der Waals surface area (Å²) in [6.07, 6.45) is 5.84. The predicted octanol–water partition coefficient (Wildman–Crippen LogP) is 2.24. The first kappa shape index (κ1) is 12.4. The zero-order chi connectivity index (χ0) is 14.4. The first-order valence-electron chi connectivity index (χ1n) is 7.41. The second-order valence-electron chi connectivity index (χ2n) is 5.88. The molecule has 2 aliphatic rings. The maximum Gasteiger partial charge on any atom is 0.314 e. The molecule has 1 aromatic carbocycles. The van der Waals surface area contributed by atoms with Gasteiger partial charge in [0.2, 0.25) is 0 Å². The van der Waals surface area contributed by atoms with Gasteiger partial charge >= 0.3 is 6.03 Å². The number of hydrogen-bond donors (Lipinski definition) is 1. The number of fused-ring (bicyclic) bond motifs is 3. The summed E-state index contributed by atoms with van der Waals surface area (Å²) in [5, 5.41) is 0. The molecule has 2 N–H and O–H groups in total. The van der Waals surface area contributed by atoms with E-state index in [0.717, 1.165) is 25.9 Å². The summed E-state index contributed by atoms with van der Waals surface area (Å²) in [6, 6.07) is 8.60. The van der Waals surface area contributed by atoms with Gasteiger partial charge in [0.1, 0.15) is 0 Å². The summed E-state index contributed by atoms with van der Waals surface area (Å²) >= 11 is 0. The maximum absolute atomic E-state index is 11.3. The number of carbonyl (C=O) groups is 1. The van der Waals surface area contributed by atoms with E-state index in [1.54, 1.807) is 4.90 Å². The highest BCUT2D eigenvalue weighted by atomic mass is 16.2. The zero-order valence-electron chi connectivity index (χ0n) is 11.8. The minimum Gasteiger partial charge on any atom is -0.351 e. The summed E-state index contributed by atoms with van der Waals surface area (Å²) < 4.78 is 2.29. The first-order chi connectivity index (χ1) is 10.3. The highest BCUT2D eigenvalue weighted by Gasteiger charge is 2.36. The van der Waals surface area contributed by atoms with Crippen molar-refractivity contribution in [2.24, 2.45) is 11.7 Å². The minimum atomic E-state index is -0.302. The second kappa shape index (κ2) is 4.62. The molecule has 0 aliphatic carbocycles. The van der Waals surface area contributed by atoms with E-state index in [0.29, 0.717) is 12.0 Å². The summed E-state index contributed by atoms with van der Waals surface area (Å²) in [4.78, 5) is 17.3. The third-order valence-electron chi connectivity index (χ3n) is 4.82. The number of rotatable bonds is 1. The normalized spacial score (nSPS) is 21.1. The van der Waals surface area contributed by atoms with E-state index in [-0.39, 0.29) is 6.03 Å². The third-order valence-corrected chi connectivity index (χ3v) is 4.82. The van der Waals surface area contributed by atoms with Crippen molar-refractivity contribution in [3.63, 3.8) is 0 Å². The molecular formula is C16H18N4O. The predicted molar refractivity (Wildman–Crippen MR) is 79.7 cm³/mol. The van der Waals surface area contributed by atoms with Crippen molar-refractivity contribution in [1.82, 2.24) is 14.5 Å². The van der Waals surface area contributed by atoms with E-state index >= 15 is 0 Å². The lowest BCUT2D eigenvalue weighted by Gasteiger charge is -2.34. The summed E-state index contributed by atoms with van der Waals surface area (Å²) in [6.45, 7) is 1.51. The molecule has 0 bridgehead atoms. The van der Waals surface area contributed by atoms with Gasteiger partial charge in [-0.05, 0) is 24.3 Å². The van der Waals surface area contributed by atoms with Crippen molar-refractivity contribution in [3.8, 4) is 11.3 Å². The highest BCUT2D eigenvalue weighted by molar-refractivity contribution is 5.72. The number of hydrogen-bond acceptors (Lipinski definition) is 2. The summed E-state index contributed by atoms with van der Waals surface area (Å²) in [7, 11) is 0. The Hall–Kier alpha value is -2.30. The number of nitrogens with zero attached hydrogens (tertiary/aromatic N) is 3. The van der Waals surface area contributed by atoms with E-state index in [1.165, 1.54) is 16.8 Å². The fourth-order valence-corrected chi connectivity index (χ4v) is 3.79. The Morgan fingerprint density at radius 1 is 1.24 bits per heavy atom. The number of likely N-dealkylation sites (tertiary alicyclic amines) is 1. The lowest BCUT2D eigenvalue weighted by atomic mass is 9.85. The van der Waals surface area contributed by atoms with Crippen LogP contribution in [0.4, 0.5) is 4.79 Å². The topological polar surface area (TPSA) is 64.2 Å². The van der Waals surface area contributed by atoms with E-state index in [1.807, 2.05) is 12.5 Å². The fraction of sp³-hybridized carbons (Fsp3) is 0.375. The van der Waals surface area contributed by atoms with Gasteiger partial charge in [-0.25, -0.2) is 9.78 Å². The monoisotopic (exact) mass is 282 g/mol. The number of aromatic nitrogens is 2. The summed E-state index contributed by atoms with van der Waals surface area (Å²) in [5.41, 5.74) is 9.25. The molecule has 1 fully saturated rings. The smallest absolute Gasteiger partial charge is 0.314 e. The van der Waals surface area contributed by atoms with Crippen LogP contribution in [0.2, 0.25) is 0 Å². The van der Waals surface area contributed by atoms with Crippen LogP contribution < -0.4 is 5.73 Å². The summed E-state index contributed by atoms with van der Waals surface area (Å²) in [5.74, 6) is 0.525. The van der Waals surface area contributed by atoms with Crippen LogP contribution in [0.25, 0.3) is 11.3 Å². The third kappa shape index (κ3) is 1.84.